The first-order valence-electron chi connectivity index (χ1n) is 11.4. The number of aliphatic imine (C=N–C) groups is 1. The maximum Gasteiger partial charge on any atom is 0.414 e. The van der Waals surface area contributed by atoms with Gasteiger partial charge in [-0.3, -0.25) is 20.1 Å². The number of hydrogen-bond acceptors (Lipinski definition) is 7. The molecule has 3 aliphatic heterocycles. The van der Waals surface area contributed by atoms with Crippen LogP contribution in [0.3, 0.4) is 0 Å². The number of cyclic esters (lactones) is 1. The Morgan fingerprint density at radius 3 is 2.94 bits per heavy atom. The molecule has 1 unspecified atom stereocenters. The summed E-state index contributed by atoms with van der Waals surface area (Å²) in [5, 5.41) is 4.81. The molecule has 3 aliphatic rings. The monoisotopic (exact) mass is 458 g/mol. The van der Waals surface area contributed by atoms with Crippen molar-refractivity contribution in [2.75, 3.05) is 55.6 Å². The van der Waals surface area contributed by atoms with Gasteiger partial charge in [0, 0.05) is 52.1 Å². The van der Waals surface area contributed by atoms with Gasteiger partial charge in [0.05, 0.1) is 24.5 Å². The molecule has 2 fully saturated rings. The second kappa shape index (κ2) is 10.3. The highest BCUT2D eigenvalue weighted by Gasteiger charge is 2.33. The van der Waals surface area contributed by atoms with E-state index in [9.17, 15) is 9.59 Å². The van der Waals surface area contributed by atoms with Crippen LogP contribution < -0.4 is 20.5 Å². The Balaban J connectivity index is 1.37. The van der Waals surface area contributed by atoms with Crippen LogP contribution in [0.15, 0.2) is 35.0 Å². The zero-order chi connectivity index (χ0) is 23.4. The van der Waals surface area contributed by atoms with Crippen molar-refractivity contribution in [3.63, 3.8) is 0 Å². The topological polar surface area (TPSA) is 89.5 Å². The molecule has 10 heteroatoms. The molecule has 33 heavy (non-hydrogen) atoms. The number of carbonyl (C=O) groups is 2. The van der Waals surface area contributed by atoms with Gasteiger partial charge in [-0.15, -0.1) is 0 Å². The lowest BCUT2D eigenvalue weighted by Crippen LogP contribution is -2.41. The molecule has 0 spiro atoms. The number of nitrogens with zero attached hydrogens (tertiary/aromatic N) is 4. The summed E-state index contributed by atoms with van der Waals surface area (Å²) in [6.07, 6.45) is 3.86. The van der Waals surface area contributed by atoms with Gasteiger partial charge in [-0.25, -0.2) is 14.2 Å². The van der Waals surface area contributed by atoms with Crippen molar-refractivity contribution in [3.05, 3.63) is 35.8 Å². The lowest BCUT2D eigenvalue weighted by molar-refractivity contribution is -0.119. The molecule has 3 heterocycles. The van der Waals surface area contributed by atoms with Crippen molar-refractivity contribution in [1.82, 2.24) is 15.8 Å². The average molecular weight is 459 g/mol. The standard InChI is InChI=1S/C23H31FN6O3/c1-16-5-6-25-12-18(16)14-29-10-9-28(8-7-27-29)22-4-3-19(11-21(22)24)30-15-20(33-23(30)32)13-26-17(2)31/h3-4,6,11-12,16,20,27H,5,7-10,13-15H2,1-2H3,(H,26,31)/t16?,20-/m0/s1. The maximum atomic E-state index is 15.1. The molecule has 0 saturated carbocycles. The second-order valence-corrected chi connectivity index (χ2v) is 8.68. The number of hydrogen-bond donors (Lipinski definition) is 2. The fourth-order valence-electron chi connectivity index (χ4n) is 4.23. The number of anilines is 2. The van der Waals surface area contributed by atoms with Crippen molar-refractivity contribution in [3.8, 4) is 0 Å². The van der Waals surface area contributed by atoms with Crippen LogP contribution in [0.5, 0.6) is 0 Å². The smallest absolute Gasteiger partial charge is 0.414 e. The van der Waals surface area contributed by atoms with Crippen LogP contribution in [0.1, 0.15) is 20.3 Å². The Morgan fingerprint density at radius 1 is 1.33 bits per heavy atom. The first kappa shape index (κ1) is 23.2. The minimum atomic E-state index is -0.539. The highest BCUT2D eigenvalue weighted by molar-refractivity contribution is 5.90. The van der Waals surface area contributed by atoms with Gasteiger partial charge in [0.15, 0.2) is 0 Å². The summed E-state index contributed by atoms with van der Waals surface area (Å²) in [7, 11) is 0. The summed E-state index contributed by atoms with van der Waals surface area (Å²) >= 11 is 0. The van der Waals surface area contributed by atoms with Crippen molar-refractivity contribution >= 4 is 29.6 Å². The second-order valence-electron chi connectivity index (χ2n) is 8.68. The quantitative estimate of drug-likeness (QED) is 0.677. The van der Waals surface area contributed by atoms with Gasteiger partial charge in [-0.05, 0) is 36.1 Å². The van der Waals surface area contributed by atoms with Gasteiger partial charge >= 0.3 is 6.09 Å². The summed E-state index contributed by atoms with van der Waals surface area (Å²) in [5.41, 5.74) is 5.69. The van der Waals surface area contributed by atoms with Crippen LogP contribution in [-0.4, -0.2) is 75.1 Å². The Kier molecular flexibility index (Phi) is 7.24. The van der Waals surface area contributed by atoms with Crippen LogP contribution in [0.2, 0.25) is 0 Å². The van der Waals surface area contributed by atoms with Crippen LogP contribution in [0.4, 0.5) is 20.6 Å². The first-order chi connectivity index (χ1) is 15.9. The summed E-state index contributed by atoms with van der Waals surface area (Å²) in [5.74, 6) is -0.0929. The molecule has 2 atom stereocenters. The first-order valence-corrected chi connectivity index (χ1v) is 11.4. The van der Waals surface area contributed by atoms with E-state index in [0.29, 0.717) is 36.9 Å². The zero-order valence-electron chi connectivity index (χ0n) is 19.1. The largest absolute Gasteiger partial charge is 0.442 e. The number of nitrogens with one attached hydrogen (secondary N) is 2. The zero-order valence-corrected chi connectivity index (χ0v) is 19.1. The van der Waals surface area contributed by atoms with Gasteiger partial charge in [0.1, 0.15) is 11.9 Å². The molecule has 2 amide bonds. The summed E-state index contributed by atoms with van der Waals surface area (Å²) in [4.78, 5) is 31.0. The van der Waals surface area contributed by atoms with Crippen LogP contribution in [0.25, 0.3) is 0 Å². The van der Waals surface area contributed by atoms with Gasteiger partial charge < -0.3 is 15.0 Å². The molecule has 2 saturated heterocycles. The number of rotatable bonds is 6. The fourth-order valence-corrected chi connectivity index (χ4v) is 4.23. The molecule has 1 aromatic rings. The number of benzene rings is 1. The number of halogens is 1. The third kappa shape index (κ3) is 5.69. The van der Waals surface area contributed by atoms with E-state index in [0.717, 1.165) is 19.5 Å². The normalized spacial score (nSPS) is 23.8. The Hall–Kier alpha value is -2.98. The molecule has 0 bridgehead atoms. The van der Waals surface area contributed by atoms with Crippen molar-refractivity contribution in [2.24, 2.45) is 10.9 Å². The molecule has 0 aliphatic carbocycles. The molecule has 0 aromatic heterocycles. The summed E-state index contributed by atoms with van der Waals surface area (Å²) in [6.45, 7) is 7.70. The molecular weight excluding hydrogens is 427 g/mol. The van der Waals surface area contributed by atoms with E-state index in [1.807, 2.05) is 17.3 Å². The lowest BCUT2D eigenvalue weighted by atomic mass is 9.97. The molecule has 178 valence electrons. The molecular formula is C23H31FN6O3. The Bertz CT molecular complexity index is 952. The molecule has 9 nitrogen and oxygen atoms in total. The minimum absolute atomic E-state index is 0.191. The van der Waals surface area contributed by atoms with Crippen molar-refractivity contribution in [2.45, 2.75) is 26.4 Å². The maximum absolute atomic E-state index is 15.1. The Morgan fingerprint density at radius 2 is 2.18 bits per heavy atom. The van der Waals surface area contributed by atoms with Crippen LogP contribution in [-0.2, 0) is 9.53 Å². The lowest BCUT2D eigenvalue weighted by Gasteiger charge is -2.26. The molecule has 2 N–H and O–H groups in total. The number of hydrazine groups is 1. The third-order valence-electron chi connectivity index (χ3n) is 6.20. The van der Waals surface area contributed by atoms with Gasteiger partial charge in [0.2, 0.25) is 5.91 Å². The van der Waals surface area contributed by atoms with Crippen molar-refractivity contribution in [1.29, 1.82) is 0 Å². The predicted molar refractivity (Wildman–Crippen MR) is 125 cm³/mol. The van der Waals surface area contributed by atoms with Crippen LogP contribution >= 0.6 is 0 Å². The highest BCUT2D eigenvalue weighted by atomic mass is 19.1. The minimum Gasteiger partial charge on any atom is -0.442 e. The summed E-state index contributed by atoms with van der Waals surface area (Å²) in [6, 6.07) is 4.83. The van der Waals surface area contributed by atoms with E-state index in [1.54, 1.807) is 12.1 Å². The third-order valence-corrected chi connectivity index (χ3v) is 6.20. The predicted octanol–water partition coefficient (Wildman–Crippen LogP) is 1.91. The average Bonchev–Trinajstić information content (AvgIpc) is 3.00. The SMILES string of the molecule is CC(=O)NC[C@H]1CN(c2ccc(N3CCNN(CC4=CN=CCC4C)CC3)c(F)c2)C(=O)O1. The van der Waals surface area contributed by atoms with Gasteiger partial charge in [0.25, 0.3) is 0 Å². The fraction of sp³-hybridized carbons (Fsp3) is 0.522. The number of amides is 2. The van der Waals surface area contributed by atoms with Gasteiger partial charge in [-0.2, -0.15) is 0 Å². The van der Waals surface area contributed by atoms with E-state index in [1.165, 1.54) is 23.5 Å². The van der Waals surface area contributed by atoms with Gasteiger partial charge in [-0.1, -0.05) is 6.92 Å². The van der Waals surface area contributed by atoms with Crippen molar-refractivity contribution < 1.29 is 18.7 Å². The highest BCUT2D eigenvalue weighted by Crippen LogP contribution is 2.28. The Labute approximate surface area is 193 Å². The van der Waals surface area contributed by atoms with E-state index in [2.05, 4.69) is 27.7 Å². The molecule has 0 radical (unpaired) electrons. The number of carbonyl (C=O) groups excluding carboxylic acids is 2. The van der Waals surface area contributed by atoms with Crippen LogP contribution in [0, 0.1) is 11.7 Å². The van der Waals surface area contributed by atoms with E-state index in [4.69, 9.17) is 4.74 Å². The van der Waals surface area contributed by atoms with E-state index >= 15 is 4.39 Å². The molecule has 4 rings (SSSR count). The molecule has 1 aromatic carbocycles. The number of ether oxygens (including phenoxy) is 1. The van der Waals surface area contributed by atoms with E-state index < -0.39 is 12.2 Å². The van der Waals surface area contributed by atoms with E-state index in [-0.39, 0.29) is 24.8 Å². The summed E-state index contributed by atoms with van der Waals surface area (Å²) < 4.78 is 20.4.